The third-order valence-corrected chi connectivity index (χ3v) is 2.98. The van der Waals surface area contributed by atoms with Crippen LogP contribution in [-0.4, -0.2) is 49.7 Å². The predicted molar refractivity (Wildman–Crippen MR) is 86.6 cm³/mol. The highest BCUT2D eigenvalue weighted by Crippen LogP contribution is 2.14. The second kappa shape index (κ2) is 9.39. The minimum atomic E-state index is 0.379. The summed E-state index contributed by atoms with van der Waals surface area (Å²) in [5.74, 6) is 1.99. The molecule has 120 valence electrons. The van der Waals surface area contributed by atoms with E-state index in [1.54, 1.807) is 0 Å². The lowest BCUT2D eigenvalue weighted by atomic mass is 10.1. The van der Waals surface area contributed by atoms with Crippen molar-refractivity contribution in [1.82, 2.24) is 20.7 Å². The van der Waals surface area contributed by atoms with E-state index in [4.69, 9.17) is 4.52 Å². The Kier molecular flexibility index (Phi) is 7.82. The van der Waals surface area contributed by atoms with Gasteiger partial charge in [0.15, 0.2) is 11.7 Å². The molecule has 0 unspecified atom stereocenters. The van der Waals surface area contributed by atoms with Crippen LogP contribution >= 0.6 is 0 Å². The Balaban J connectivity index is 2.46. The van der Waals surface area contributed by atoms with Crippen LogP contribution in [0.15, 0.2) is 15.6 Å². The van der Waals surface area contributed by atoms with Crippen LogP contribution in [0.25, 0.3) is 0 Å². The Labute approximate surface area is 128 Å². The molecule has 0 aliphatic rings. The fraction of sp³-hybridized carbons (Fsp3) is 0.733. The number of hydrogen-bond acceptors (Lipinski definition) is 4. The fourth-order valence-corrected chi connectivity index (χ4v) is 1.78. The standard InChI is InChI=1S/C15H29N5O/c1-6-16-15(17-8-7-9-20(4)5)18-11-13-10-14(12(2)3)19-21-13/h10,12H,6-9,11H2,1-5H3,(H2,16,17,18). The van der Waals surface area contributed by atoms with E-state index in [2.05, 4.69) is 60.5 Å². The van der Waals surface area contributed by atoms with Crippen molar-refractivity contribution in [3.8, 4) is 0 Å². The molecule has 0 atom stereocenters. The van der Waals surface area contributed by atoms with Gasteiger partial charge in [0.1, 0.15) is 6.54 Å². The molecule has 21 heavy (non-hydrogen) atoms. The highest BCUT2D eigenvalue weighted by atomic mass is 16.5. The zero-order valence-electron chi connectivity index (χ0n) is 13.9. The van der Waals surface area contributed by atoms with E-state index in [-0.39, 0.29) is 0 Å². The molecule has 1 heterocycles. The fourth-order valence-electron chi connectivity index (χ4n) is 1.78. The van der Waals surface area contributed by atoms with Crippen LogP contribution in [-0.2, 0) is 6.54 Å². The van der Waals surface area contributed by atoms with Gasteiger partial charge < -0.3 is 20.1 Å². The lowest BCUT2D eigenvalue weighted by molar-refractivity contribution is 0.376. The summed E-state index contributed by atoms with van der Waals surface area (Å²) in [5.41, 5.74) is 0.976. The number of rotatable bonds is 8. The quantitative estimate of drug-likeness (QED) is 0.435. The van der Waals surface area contributed by atoms with Crippen LogP contribution in [0, 0.1) is 0 Å². The Morgan fingerprint density at radius 3 is 2.71 bits per heavy atom. The van der Waals surface area contributed by atoms with Gasteiger partial charge in [-0.15, -0.1) is 0 Å². The minimum Gasteiger partial charge on any atom is -0.359 e. The van der Waals surface area contributed by atoms with Crippen LogP contribution < -0.4 is 10.6 Å². The number of aromatic nitrogens is 1. The summed E-state index contributed by atoms with van der Waals surface area (Å²) >= 11 is 0. The second-order valence-corrected chi connectivity index (χ2v) is 5.65. The SMILES string of the molecule is CCNC(=NCc1cc(C(C)C)no1)NCCCN(C)C. The first-order valence-corrected chi connectivity index (χ1v) is 7.65. The molecular formula is C15H29N5O. The number of hydrogen-bond donors (Lipinski definition) is 2. The van der Waals surface area contributed by atoms with E-state index < -0.39 is 0 Å². The molecule has 1 aromatic heterocycles. The molecule has 2 N–H and O–H groups in total. The highest BCUT2D eigenvalue weighted by Gasteiger charge is 2.07. The average Bonchev–Trinajstić information content (AvgIpc) is 2.89. The molecule has 0 aliphatic carbocycles. The Bertz CT molecular complexity index is 425. The maximum atomic E-state index is 5.29. The third-order valence-electron chi connectivity index (χ3n) is 2.98. The molecule has 0 aliphatic heterocycles. The van der Waals surface area contributed by atoms with Gasteiger partial charge in [-0.1, -0.05) is 19.0 Å². The van der Waals surface area contributed by atoms with Crippen molar-refractivity contribution in [1.29, 1.82) is 0 Å². The maximum absolute atomic E-state index is 5.29. The van der Waals surface area contributed by atoms with Gasteiger partial charge in [-0.3, -0.25) is 0 Å². The predicted octanol–water partition coefficient (Wildman–Crippen LogP) is 1.80. The molecule has 0 radical (unpaired) electrons. The van der Waals surface area contributed by atoms with Crippen LogP contribution in [0.3, 0.4) is 0 Å². The summed E-state index contributed by atoms with van der Waals surface area (Å²) < 4.78 is 5.29. The molecule has 0 aromatic carbocycles. The Morgan fingerprint density at radius 1 is 1.38 bits per heavy atom. The van der Waals surface area contributed by atoms with E-state index in [1.165, 1.54) is 0 Å². The molecule has 0 amide bonds. The second-order valence-electron chi connectivity index (χ2n) is 5.65. The molecule has 1 aromatic rings. The molecule has 0 fully saturated rings. The van der Waals surface area contributed by atoms with Crippen molar-refractivity contribution in [3.05, 3.63) is 17.5 Å². The van der Waals surface area contributed by atoms with Gasteiger partial charge in [0.25, 0.3) is 0 Å². The van der Waals surface area contributed by atoms with Gasteiger partial charge >= 0.3 is 0 Å². The summed E-state index contributed by atoms with van der Waals surface area (Å²) in [7, 11) is 4.16. The van der Waals surface area contributed by atoms with Gasteiger partial charge in [0, 0.05) is 19.2 Å². The number of aliphatic imine (C=N–C) groups is 1. The van der Waals surface area contributed by atoms with Crippen molar-refractivity contribution in [2.24, 2.45) is 4.99 Å². The smallest absolute Gasteiger partial charge is 0.191 e. The van der Waals surface area contributed by atoms with Crippen LogP contribution in [0.4, 0.5) is 0 Å². The summed E-state index contributed by atoms with van der Waals surface area (Å²) in [5, 5.41) is 10.6. The lowest BCUT2D eigenvalue weighted by Gasteiger charge is -2.12. The summed E-state index contributed by atoms with van der Waals surface area (Å²) in [6, 6.07) is 1.98. The average molecular weight is 295 g/mol. The van der Waals surface area contributed by atoms with Gasteiger partial charge in [-0.25, -0.2) is 4.99 Å². The zero-order chi connectivity index (χ0) is 15.7. The molecule has 1 rings (SSSR count). The topological polar surface area (TPSA) is 65.7 Å². The molecule has 0 bridgehead atoms. The molecule has 6 nitrogen and oxygen atoms in total. The van der Waals surface area contributed by atoms with Crippen molar-refractivity contribution in [2.45, 2.75) is 39.7 Å². The van der Waals surface area contributed by atoms with Gasteiger partial charge in [-0.2, -0.15) is 0 Å². The van der Waals surface area contributed by atoms with Gasteiger partial charge in [-0.05, 0) is 39.9 Å². The molecule has 0 spiro atoms. The summed E-state index contributed by atoms with van der Waals surface area (Å²) in [6.07, 6.45) is 1.08. The number of guanidine groups is 1. The van der Waals surface area contributed by atoms with Crippen LogP contribution in [0.5, 0.6) is 0 Å². The first kappa shape index (κ1) is 17.5. The van der Waals surface area contributed by atoms with Crippen LogP contribution in [0.1, 0.15) is 44.6 Å². The van der Waals surface area contributed by atoms with E-state index >= 15 is 0 Å². The molecule has 6 heteroatoms. The lowest BCUT2D eigenvalue weighted by Crippen LogP contribution is -2.38. The van der Waals surface area contributed by atoms with Crippen molar-refractivity contribution in [3.63, 3.8) is 0 Å². The van der Waals surface area contributed by atoms with Gasteiger partial charge in [0.2, 0.25) is 0 Å². The first-order valence-electron chi connectivity index (χ1n) is 7.65. The minimum absolute atomic E-state index is 0.379. The third kappa shape index (κ3) is 7.13. The van der Waals surface area contributed by atoms with Crippen molar-refractivity contribution >= 4 is 5.96 Å². The van der Waals surface area contributed by atoms with Crippen molar-refractivity contribution < 1.29 is 4.52 Å². The highest BCUT2D eigenvalue weighted by molar-refractivity contribution is 5.79. The van der Waals surface area contributed by atoms with E-state index in [1.807, 2.05) is 6.07 Å². The Hall–Kier alpha value is -1.56. The maximum Gasteiger partial charge on any atom is 0.191 e. The molecule has 0 saturated heterocycles. The van der Waals surface area contributed by atoms with E-state index in [9.17, 15) is 0 Å². The number of nitrogens with zero attached hydrogens (tertiary/aromatic N) is 3. The molecular weight excluding hydrogens is 266 g/mol. The van der Waals surface area contributed by atoms with E-state index in [0.717, 1.165) is 43.5 Å². The van der Waals surface area contributed by atoms with Gasteiger partial charge in [0.05, 0.1) is 5.69 Å². The summed E-state index contributed by atoms with van der Waals surface area (Å²) in [6.45, 7) is 9.56. The normalized spacial score (nSPS) is 12.2. The first-order chi connectivity index (χ1) is 10.0. The Morgan fingerprint density at radius 2 is 2.14 bits per heavy atom. The van der Waals surface area contributed by atoms with E-state index in [0.29, 0.717) is 12.5 Å². The largest absolute Gasteiger partial charge is 0.359 e. The molecule has 0 saturated carbocycles. The van der Waals surface area contributed by atoms with Crippen molar-refractivity contribution in [2.75, 3.05) is 33.7 Å². The van der Waals surface area contributed by atoms with Crippen LogP contribution in [0.2, 0.25) is 0 Å². The summed E-state index contributed by atoms with van der Waals surface area (Å²) in [4.78, 5) is 6.69. The monoisotopic (exact) mass is 295 g/mol. The number of nitrogens with one attached hydrogen (secondary N) is 2. The zero-order valence-corrected chi connectivity index (χ0v) is 13.9.